The zero-order valence-corrected chi connectivity index (χ0v) is 19.4. The van der Waals surface area contributed by atoms with E-state index in [-0.39, 0.29) is 6.09 Å². The van der Waals surface area contributed by atoms with Crippen LogP contribution in [-0.4, -0.2) is 34.3 Å². The molecule has 1 saturated heterocycles. The van der Waals surface area contributed by atoms with Crippen molar-refractivity contribution in [3.63, 3.8) is 0 Å². The van der Waals surface area contributed by atoms with Gasteiger partial charge < -0.3 is 14.7 Å². The smallest absolute Gasteiger partial charge is 0.410 e. The van der Waals surface area contributed by atoms with Gasteiger partial charge in [-0.2, -0.15) is 0 Å². The quantitative estimate of drug-likeness (QED) is 0.636. The molecule has 1 N–H and O–H groups in total. The van der Waals surface area contributed by atoms with Gasteiger partial charge in [-0.05, 0) is 61.8 Å². The van der Waals surface area contributed by atoms with E-state index in [4.69, 9.17) is 4.74 Å². The first-order chi connectivity index (χ1) is 14.6. The Balaban J connectivity index is 2.08. The molecule has 2 aromatic rings. The van der Waals surface area contributed by atoms with Crippen molar-refractivity contribution in [2.75, 3.05) is 6.54 Å². The average Bonchev–Trinajstić information content (AvgIpc) is 3.23. The molecule has 1 aliphatic rings. The molecule has 0 bridgehead atoms. The summed E-state index contributed by atoms with van der Waals surface area (Å²) in [6.45, 7) is 14.3. The van der Waals surface area contributed by atoms with Crippen molar-refractivity contribution in [2.45, 2.75) is 70.6 Å². The first kappa shape index (κ1) is 23.1. The summed E-state index contributed by atoms with van der Waals surface area (Å²) in [6.07, 6.45) is 2.92. The van der Waals surface area contributed by atoms with Gasteiger partial charge in [0.25, 0.3) is 0 Å². The summed E-state index contributed by atoms with van der Waals surface area (Å²) in [6, 6.07) is 15.4. The number of likely N-dealkylation sites (tertiary alicyclic amines) is 1. The van der Waals surface area contributed by atoms with Crippen LogP contribution in [0, 0.1) is 0 Å². The average molecular weight is 422 g/mol. The van der Waals surface area contributed by atoms with E-state index >= 15 is 0 Å². The Bertz CT molecular complexity index is 909. The maximum absolute atomic E-state index is 13.0. The maximum Gasteiger partial charge on any atom is 0.410 e. The minimum absolute atomic E-state index is 0.380. The van der Waals surface area contributed by atoms with Gasteiger partial charge in [0, 0.05) is 6.54 Å². The first-order valence-electron chi connectivity index (χ1n) is 11.1. The van der Waals surface area contributed by atoms with Crippen molar-refractivity contribution in [1.82, 2.24) is 4.90 Å². The van der Waals surface area contributed by atoms with Crippen LogP contribution in [0.5, 0.6) is 0 Å². The predicted molar refractivity (Wildman–Crippen MR) is 126 cm³/mol. The summed E-state index contributed by atoms with van der Waals surface area (Å²) in [5, 5.41) is 12.3. The fraction of sp³-hybridized carbons (Fsp3) is 0.444. The molecule has 0 radical (unpaired) electrons. The van der Waals surface area contributed by atoms with Crippen molar-refractivity contribution in [3.05, 3.63) is 77.4 Å². The zero-order chi connectivity index (χ0) is 22.8. The highest BCUT2D eigenvalue weighted by Gasteiger charge is 2.48. The summed E-state index contributed by atoms with van der Waals surface area (Å²) >= 11 is 0. The highest BCUT2D eigenvalue weighted by Crippen LogP contribution is 2.41. The van der Waals surface area contributed by atoms with Crippen LogP contribution in [0.1, 0.15) is 75.6 Å². The van der Waals surface area contributed by atoms with Gasteiger partial charge in [-0.3, -0.25) is 0 Å². The van der Waals surface area contributed by atoms with Crippen LogP contribution in [0.2, 0.25) is 0 Å². The normalized spacial score (nSPS) is 18.7. The highest BCUT2D eigenvalue weighted by atomic mass is 16.6. The van der Waals surface area contributed by atoms with E-state index in [1.807, 2.05) is 57.2 Å². The monoisotopic (exact) mass is 421 g/mol. The maximum atomic E-state index is 13.0. The van der Waals surface area contributed by atoms with E-state index < -0.39 is 17.2 Å². The predicted octanol–water partition coefficient (Wildman–Crippen LogP) is 6.09. The number of rotatable bonds is 5. The molecular weight excluding hydrogens is 386 g/mol. The summed E-state index contributed by atoms with van der Waals surface area (Å²) in [4.78, 5) is 14.7. The van der Waals surface area contributed by atoms with Crippen LogP contribution in [0.15, 0.2) is 55.1 Å². The van der Waals surface area contributed by atoms with Crippen molar-refractivity contribution in [2.24, 2.45) is 0 Å². The van der Waals surface area contributed by atoms with Crippen LogP contribution >= 0.6 is 0 Å². The van der Waals surface area contributed by atoms with E-state index in [0.29, 0.717) is 18.9 Å². The minimum Gasteiger partial charge on any atom is -0.444 e. The number of carbonyl (C=O) groups is 1. The lowest BCUT2D eigenvalue weighted by Gasteiger charge is -2.40. The molecule has 1 amide bonds. The topological polar surface area (TPSA) is 49.8 Å². The summed E-state index contributed by atoms with van der Waals surface area (Å²) in [5.41, 5.74) is 1.80. The van der Waals surface area contributed by atoms with E-state index in [2.05, 4.69) is 32.6 Å². The summed E-state index contributed by atoms with van der Waals surface area (Å²) in [7, 11) is 0. The van der Waals surface area contributed by atoms with E-state index in [1.165, 1.54) is 5.56 Å². The number of hydrogen-bond donors (Lipinski definition) is 1. The van der Waals surface area contributed by atoms with Crippen molar-refractivity contribution in [3.8, 4) is 0 Å². The fourth-order valence-electron chi connectivity index (χ4n) is 4.29. The SMILES string of the molecule is C=Cc1ccc(C(O)(c2ccc(C(C)C)cc2)[C@@H]2CCCN2C(=O)OC(C)(C)C)cc1. The second-order valence-corrected chi connectivity index (χ2v) is 9.70. The van der Waals surface area contributed by atoms with Gasteiger partial charge >= 0.3 is 6.09 Å². The molecule has 1 heterocycles. The molecule has 0 aromatic heterocycles. The Morgan fingerprint density at radius 3 is 2.13 bits per heavy atom. The molecule has 1 fully saturated rings. The Kier molecular flexibility index (Phi) is 6.61. The lowest BCUT2D eigenvalue weighted by Crippen LogP contribution is -2.51. The summed E-state index contributed by atoms with van der Waals surface area (Å²) in [5.74, 6) is 0.402. The van der Waals surface area contributed by atoms with Crippen LogP contribution in [-0.2, 0) is 10.3 Å². The molecular formula is C27H35NO3. The standard InChI is InChI=1S/C27H35NO3/c1-7-20-10-14-22(15-11-20)27(30,23-16-12-21(13-17-23)19(2)3)24-9-8-18-28(24)25(29)31-26(4,5)6/h7,10-17,19,24,30H,1,8-9,18H2,2-6H3/t24-,27?/m0/s1. The molecule has 31 heavy (non-hydrogen) atoms. The third-order valence-corrected chi connectivity index (χ3v) is 5.97. The molecule has 1 unspecified atom stereocenters. The molecule has 166 valence electrons. The number of benzene rings is 2. The minimum atomic E-state index is -1.34. The molecule has 0 saturated carbocycles. The fourth-order valence-corrected chi connectivity index (χ4v) is 4.29. The van der Waals surface area contributed by atoms with Gasteiger partial charge in [0.05, 0.1) is 6.04 Å². The van der Waals surface area contributed by atoms with E-state index in [9.17, 15) is 9.90 Å². The van der Waals surface area contributed by atoms with Crippen molar-refractivity contribution >= 4 is 12.2 Å². The van der Waals surface area contributed by atoms with Gasteiger partial charge in [0.15, 0.2) is 0 Å². The van der Waals surface area contributed by atoms with Crippen LogP contribution in [0.3, 0.4) is 0 Å². The van der Waals surface area contributed by atoms with Gasteiger partial charge in [0.2, 0.25) is 0 Å². The van der Waals surface area contributed by atoms with Gasteiger partial charge in [-0.15, -0.1) is 0 Å². The Hall–Kier alpha value is -2.59. The molecule has 3 rings (SSSR count). The Morgan fingerprint density at radius 2 is 1.65 bits per heavy atom. The number of nitrogens with zero attached hydrogens (tertiary/aromatic N) is 1. The number of amides is 1. The molecule has 0 spiro atoms. The molecule has 2 atom stereocenters. The second kappa shape index (κ2) is 8.88. The number of aliphatic hydroxyl groups is 1. The van der Waals surface area contributed by atoms with Crippen LogP contribution in [0.25, 0.3) is 6.08 Å². The van der Waals surface area contributed by atoms with Crippen molar-refractivity contribution < 1.29 is 14.6 Å². The summed E-state index contributed by atoms with van der Waals surface area (Å²) < 4.78 is 5.67. The Morgan fingerprint density at radius 1 is 1.10 bits per heavy atom. The third kappa shape index (κ3) is 4.85. The van der Waals surface area contributed by atoms with Crippen LogP contribution in [0.4, 0.5) is 4.79 Å². The number of hydrogen-bond acceptors (Lipinski definition) is 3. The van der Waals surface area contributed by atoms with Gasteiger partial charge in [0.1, 0.15) is 11.2 Å². The molecule has 4 nitrogen and oxygen atoms in total. The first-order valence-corrected chi connectivity index (χ1v) is 11.1. The molecule has 0 aliphatic carbocycles. The number of carbonyl (C=O) groups excluding carboxylic acids is 1. The Labute approximate surface area is 186 Å². The number of ether oxygens (including phenoxy) is 1. The lowest BCUT2D eigenvalue weighted by atomic mass is 9.78. The largest absolute Gasteiger partial charge is 0.444 e. The second-order valence-electron chi connectivity index (χ2n) is 9.70. The lowest BCUT2D eigenvalue weighted by molar-refractivity contribution is -0.0249. The highest BCUT2D eigenvalue weighted by molar-refractivity contribution is 5.69. The van der Waals surface area contributed by atoms with E-state index in [0.717, 1.165) is 23.1 Å². The molecule has 1 aliphatic heterocycles. The van der Waals surface area contributed by atoms with E-state index in [1.54, 1.807) is 11.0 Å². The molecule has 2 aromatic carbocycles. The van der Waals surface area contributed by atoms with Gasteiger partial charge in [-0.25, -0.2) is 4.79 Å². The zero-order valence-electron chi connectivity index (χ0n) is 19.4. The van der Waals surface area contributed by atoms with Gasteiger partial charge in [-0.1, -0.05) is 75.0 Å². The third-order valence-electron chi connectivity index (χ3n) is 5.97. The van der Waals surface area contributed by atoms with Crippen LogP contribution < -0.4 is 0 Å². The molecule has 4 heteroatoms. The van der Waals surface area contributed by atoms with Crippen molar-refractivity contribution in [1.29, 1.82) is 0 Å².